The maximum atomic E-state index is 12.3. The van der Waals surface area contributed by atoms with Gasteiger partial charge in [-0.25, -0.2) is 4.79 Å². The van der Waals surface area contributed by atoms with E-state index in [9.17, 15) is 4.79 Å². The van der Waals surface area contributed by atoms with Gasteiger partial charge >= 0.3 is 6.03 Å². The highest BCUT2D eigenvalue weighted by Crippen LogP contribution is 2.39. The summed E-state index contributed by atoms with van der Waals surface area (Å²) in [6.45, 7) is 1.58. The Kier molecular flexibility index (Phi) is 4.94. The van der Waals surface area contributed by atoms with Gasteiger partial charge in [0.15, 0.2) is 17.3 Å². The summed E-state index contributed by atoms with van der Waals surface area (Å²) in [5.74, 6) is 1.92. The second kappa shape index (κ2) is 7.31. The molecule has 134 valence electrons. The molecule has 2 aromatic rings. The average Bonchev–Trinajstić information content (AvgIpc) is 3.03. The summed E-state index contributed by atoms with van der Waals surface area (Å²) in [7, 11) is 4.56. The molecule has 1 aliphatic heterocycles. The molecule has 0 spiro atoms. The van der Waals surface area contributed by atoms with Gasteiger partial charge in [0.2, 0.25) is 5.75 Å². The number of carbonyl (C=O) groups is 1. The predicted octanol–water partition coefficient (Wildman–Crippen LogP) is 1.73. The SMILES string of the molecule is COc1cc(NC(=O)Nc2n[nH]c3c2CCNC3)cc(OC)c1OC. The third-order valence-electron chi connectivity index (χ3n) is 3.96. The minimum Gasteiger partial charge on any atom is -0.493 e. The monoisotopic (exact) mass is 347 g/mol. The fourth-order valence-electron chi connectivity index (χ4n) is 2.77. The lowest BCUT2D eigenvalue weighted by Crippen LogP contribution is -2.25. The van der Waals surface area contributed by atoms with Gasteiger partial charge in [0, 0.05) is 24.2 Å². The van der Waals surface area contributed by atoms with E-state index in [0.717, 1.165) is 30.8 Å². The number of fused-ring (bicyclic) bond motifs is 1. The number of aromatic amines is 1. The van der Waals surface area contributed by atoms with Gasteiger partial charge in [-0.1, -0.05) is 0 Å². The quantitative estimate of drug-likeness (QED) is 0.656. The lowest BCUT2D eigenvalue weighted by atomic mass is 10.1. The number of benzene rings is 1. The van der Waals surface area contributed by atoms with Crippen LogP contribution in [-0.2, 0) is 13.0 Å². The fraction of sp³-hybridized carbons (Fsp3) is 0.375. The molecule has 0 radical (unpaired) electrons. The number of hydrogen-bond acceptors (Lipinski definition) is 6. The second-order valence-electron chi connectivity index (χ2n) is 5.45. The van der Waals surface area contributed by atoms with Crippen molar-refractivity contribution in [2.45, 2.75) is 13.0 Å². The number of rotatable bonds is 5. The van der Waals surface area contributed by atoms with E-state index in [0.29, 0.717) is 28.8 Å². The molecule has 0 saturated heterocycles. The van der Waals surface area contributed by atoms with E-state index >= 15 is 0 Å². The molecule has 9 heteroatoms. The van der Waals surface area contributed by atoms with Crippen LogP contribution in [0.1, 0.15) is 11.3 Å². The zero-order valence-electron chi connectivity index (χ0n) is 14.4. The van der Waals surface area contributed by atoms with Crippen LogP contribution < -0.4 is 30.2 Å². The Morgan fingerprint density at radius 3 is 2.48 bits per heavy atom. The molecule has 2 heterocycles. The molecule has 3 rings (SSSR count). The molecule has 25 heavy (non-hydrogen) atoms. The first-order valence-corrected chi connectivity index (χ1v) is 7.81. The molecule has 1 aromatic carbocycles. The molecular formula is C16H21N5O4. The van der Waals surface area contributed by atoms with Crippen molar-refractivity contribution < 1.29 is 19.0 Å². The molecule has 0 saturated carbocycles. The fourth-order valence-corrected chi connectivity index (χ4v) is 2.77. The van der Waals surface area contributed by atoms with Gasteiger partial charge in [0.05, 0.1) is 32.7 Å². The van der Waals surface area contributed by atoms with Gasteiger partial charge in [-0.15, -0.1) is 0 Å². The zero-order chi connectivity index (χ0) is 17.8. The lowest BCUT2D eigenvalue weighted by Gasteiger charge is -2.15. The van der Waals surface area contributed by atoms with E-state index < -0.39 is 6.03 Å². The summed E-state index contributed by atoms with van der Waals surface area (Å²) in [4.78, 5) is 12.3. The molecule has 4 N–H and O–H groups in total. The van der Waals surface area contributed by atoms with E-state index in [-0.39, 0.29) is 0 Å². The topological polar surface area (TPSA) is 110 Å². The number of aromatic nitrogens is 2. The van der Waals surface area contributed by atoms with Crippen LogP contribution >= 0.6 is 0 Å². The normalized spacial score (nSPS) is 12.9. The first-order valence-electron chi connectivity index (χ1n) is 7.81. The lowest BCUT2D eigenvalue weighted by molar-refractivity contribution is 0.262. The van der Waals surface area contributed by atoms with Crippen LogP contribution in [0.15, 0.2) is 12.1 Å². The number of methoxy groups -OCH3 is 3. The number of urea groups is 1. The van der Waals surface area contributed by atoms with Gasteiger partial charge in [0.25, 0.3) is 0 Å². The number of anilines is 2. The predicted molar refractivity (Wildman–Crippen MR) is 92.7 cm³/mol. The number of ether oxygens (including phenoxy) is 3. The van der Waals surface area contributed by atoms with Crippen molar-refractivity contribution in [1.29, 1.82) is 0 Å². The molecule has 0 atom stereocenters. The highest BCUT2D eigenvalue weighted by Gasteiger charge is 2.19. The van der Waals surface area contributed by atoms with Crippen molar-refractivity contribution in [2.24, 2.45) is 0 Å². The van der Waals surface area contributed by atoms with E-state index in [1.54, 1.807) is 12.1 Å². The van der Waals surface area contributed by atoms with E-state index in [4.69, 9.17) is 14.2 Å². The highest BCUT2D eigenvalue weighted by molar-refractivity contribution is 6.00. The average molecular weight is 347 g/mol. The maximum absolute atomic E-state index is 12.3. The molecule has 1 aromatic heterocycles. The van der Waals surface area contributed by atoms with Crippen molar-refractivity contribution >= 4 is 17.5 Å². The smallest absolute Gasteiger partial charge is 0.324 e. The van der Waals surface area contributed by atoms with Crippen LogP contribution in [-0.4, -0.2) is 44.1 Å². The van der Waals surface area contributed by atoms with Crippen molar-refractivity contribution in [3.63, 3.8) is 0 Å². The third-order valence-corrected chi connectivity index (χ3v) is 3.96. The standard InChI is InChI=1S/C16H21N5O4/c1-23-12-6-9(7-13(24-2)14(12)25-3)18-16(22)19-15-10-4-5-17-8-11(10)20-21-15/h6-7,17H,4-5,8H2,1-3H3,(H3,18,19,20,21,22). The molecular weight excluding hydrogens is 326 g/mol. The van der Waals surface area contributed by atoms with Crippen molar-refractivity contribution in [1.82, 2.24) is 15.5 Å². The molecule has 9 nitrogen and oxygen atoms in total. The number of H-pyrrole nitrogens is 1. The summed E-state index contributed by atoms with van der Waals surface area (Å²) in [5, 5.41) is 15.9. The van der Waals surface area contributed by atoms with Crippen LogP contribution in [0.3, 0.4) is 0 Å². The molecule has 0 unspecified atom stereocenters. The summed E-state index contributed by atoms with van der Waals surface area (Å²) >= 11 is 0. The van der Waals surface area contributed by atoms with Crippen LogP contribution in [0.2, 0.25) is 0 Å². The van der Waals surface area contributed by atoms with Gasteiger partial charge < -0.3 is 24.8 Å². The summed E-state index contributed by atoms with van der Waals surface area (Å²) < 4.78 is 15.8. The molecule has 0 bridgehead atoms. The van der Waals surface area contributed by atoms with Gasteiger partial charge in [-0.3, -0.25) is 10.4 Å². The van der Waals surface area contributed by atoms with E-state index in [1.807, 2.05) is 0 Å². The third kappa shape index (κ3) is 3.45. The first-order chi connectivity index (χ1) is 12.2. The summed E-state index contributed by atoms with van der Waals surface area (Å²) in [6, 6.07) is 2.91. The van der Waals surface area contributed by atoms with Crippen LogP contribution in [0.4, 0.5) is 16.3 Å². The Bertz CT molecular complexity index is 749. The van der Waals surface area contributed by atoms with Crippen molar-refractivity contribution in [3.05, 3.63) is 23.4 Å². The van der Waals surface area contributed by atoms with Crippen LogP contribution in [0.25, 0.3) is 0 Å². The number of nitrogens with zero attached hydrogens (tertiary/aromatic N) is 1. The van der Waals surface area contributed by atoms with Gasteiger partial charge in [-0.05, 0) is 13.0 Å². The Morgan fingerprint density at radius 1 is 1.12 bits per heavy atom. The Morgan fingerprint density at radius 2 is 1.84 bits per heavy atom. The van der Waals surface area contributed by atoms with Gasteiger partial charge in [-0.2, -0.15) is 5.10 Å². The molecule has 0 fully saturated rings. The van der Waals surface area contributed by atoms with E-state index in [2.05, 4.69) is 26.1 Å². The highest BCUT2D eigenvalue weighted by atomic mass is 16.5. The minimum absolute atomic E-state index is 0.401. The molecule has 2 amide bonds. The maximum Gasteiger partial charge on any atom is 0.324 e. The van der Waals surface area contributed by atoms with Crippen LogP contribution in [0.5, 0.6) is 17.2 Å². The first kappa shape index (κ1) is 16.9. The Hall–Kier alpha value is -2.94. The van der Waals surface area contributed by atoms with Crippen molar-refractivity contribution in [3.8, 4) is 17.2 Å². The number of nitrogens with one attached hydrogen (secondary N) is 4. The number of carbonyl (C=O) groups excluding carboxylic acids is 1. The molecule has 0 aliphatic carbocycles. The molecule has 1 aliphatic rings. The number of hydrogen-bond donors (Lipinski definition) is 4. The van der Waals surface area contributed by atoms with E-state index in [1.165, 1.54) is 21.3 Å². The minimum atomic E-state index is -0.401. The summed E-state index contributed by atoms with van der Waals surface area (Å²) in [5.41, 5.74) is 2.53. The Balaban J connectivity index is 1.76. The zero-order valence-corrected chi connectivity index (χ0v) is 14.4. The van der Waals surface area contributed by atoms with Crippen molar-refractivity contribution in [2.75, 3.05) is 38.5 Å². The largest absolute Gasteiger partial charge is 0.493 e. The second-order valence-corrected chi connectivity index (χ2v) is 5.45. The summed E-state index contributed by atoms with van der Waals surface area (Å²) in [6.07, 6.45) is 0.811. The number of amides is 2. The Labute approximate surface area is 145 Å². The van der Waals surface area contributed by atoms with Crippen LogP contribution in [0, 0.1) is 0 Å². The van der Waals surface area contributed by atoms with Gasteiger partial charge in [0.1, 0.15) is 0 Å².